The number of benzene rings is 1. The van der Waals surface area contributed by atoms with E-state index >= 15 is 0 Å². The van der Waals surface area contributed by atoms with Crippen LogP contribution in [0.15, 0.2) is 24.3 Å². The summed E-state index contributed by atoms with van der Waals surface area (Å²) in [6.45, 7) is 0.651. The van der Waals surface area contributed by atoms with Gasteiger partial charge in [-0.25, -0.2) is 0 Å². The Bertz CT molecular complexity index is 445. The largest absolute Gasteiger partial charge is 0.469 e. The van der Waals surface area contributed by atoms with Gasteiger partial charge < -0.3 is 9.64 Å². The second-order valence-electron chi connectivity index (χ2n) is 4.62. The highest BCUT2D eigenvalue weighted by molar-refractivity contribution is 6.30. The van der Waals surface area contributed by atoms with E-state index in [0.29, 0.717) is 24.4 Å². The molecule has 4 nitrogen and oxygen atoms in total. The fourth-order valence-electron chi connectivity index (χ4n) is 1.75. The average molecular weight is 298 g/mol. The first-order valence-electron chi connectivity index (χ1n) is 6.58. The Balaban J connectivity index is 2.27. The molecule has 0 heterocycles. The van der Waals surface area contributed by atoms with Gasteiger partial charge in [0.05, 0.1) is 7.11 Å². The van der Waals surface area contributed by atoms with E-state index in [4.69, 9.17) is 11.6 Å². The number of esters is 1. The minimum Gasteiger partial charge on any atom is -0.469 e. The van der Waals surface area contributed by atoms with Crippen molar-refractivity contribution in [1.29, 1.82) is 0 Å². The Hall–Kier alpha value is -1.55. The van der Waals surface area contributed by atoms with E-state index < -0.39 is 0 Å². The zero-order valence-corrected chi connectivity index (χ0v) is 12.7. The minimum atomic E-state index is -0.276. The zero-order valence-electron chi connectivity index (χ0n) is 11.9. The highest BCUT2D eigenvalue weighted by Crippen LogP contribution is 2.10. The second-order valence-corrected chi connectivity index (χ2v) is 5.06. The van der Waals surface area contributed by atoms with Crippen LogP contribution in [0.2, 0.25) is 5.02 Å². The highest BCUT2D eigenvalue weighted by atomic mass is 35.5. The van der Waals surface area contributed by atoms with Crippen LogP contribution in [0.25, 0.3) is 0 Å². The molecule has 1 aromatic carbocycles. The van der Waals surface area contributed by atoms with Gasteiger partial charge in [0.2, 0.25) is 5.91 Å². The lowest BCUT2D eigenvalue weighted by Crippen LogP contribution is -2.28. The number of nitrogens with zero attached hydrogens (tertiary/aromatic N) is 1. The van der Waals surface area contributed by atoms with Gasteiger partial charge in [0, 0.05) is 31.5 Å². The van der Waals surface area contributed by atoms with Crippen molar-refractivity contribution >= 4 is 23.5 Å². The number of ether oxygens (including phenoxy) is 1. The molecule has 0 spiro atoms. The van der Waals surface area contributed by atoms with Gasteiger partial charge in [-0.1, -0.05) is 23.7 Å². The lowest BCUT2D eigenvalue weighted by atomic mass is 10.1. The van der Waals surface area contributed by atoms with E-state index in [9.17, 15) is 9.59 Å². The Morgan fingerprint density at radius 1 is 1.20 bits per heavy atom. The molecule has 0 radical (unpaired) electrons. The van der Waals surface area contributed by atoms with Gasteiger partial charge >= 0.3 is 5.97 Å². The monoisotopic (exact) mass is 297 g/mol. The van der Waals surface area contributed by atoms with Crippen molar-refractivity contribution < 1.29 is 14.3 Å². The lowest BCUT2D eigenvalue weighted by Gasteiger charge is -2.17. The molecule has 20 heavy (non-hydrogen) atoms. The maximum absolute atomic E-state index is 11.8. The third-order valence-corrected chi connectivity index (χ3v) is 3.33. The topological polar surface area (TPSA) is 46.6 Å². The molecule has 1 aromatic rings. The van der Waals surface area contributed by atoms with Crippen LogP contribution >= 0.6 is 11.6 Å². The Morgan fingerprint density at radius 2 is 1.85 bits per heavy atom. The van der Waals surface area contributed by atoms with Crippen LogP contribution in [0.4, 0.5) is 0 Å². The third-order valence-electron chi connectivity index (χ3n) is 3.07. The minimum absolute atomic E-state index is 0.0443. The average Bonchev–Trinajstić information content (AvgIpc) is 2.45. The summed E-state index contributed by atoms with van der Waals surface area (Å²) in [4.78, 5) is 24.5. The van der Waals surface area contributed by atoms with E-state index in [1.807, 2.05) is 24.3 Å². The number of methoxy groups -OCH3 is 1. The molecule has 110 valence electrons. The number of rotatable bonds is 7. The molecule has 5 heteroatoms. The maximum atomic E-state index is 11.8. The predicted molar refractivity (Wildman–Crippen MR) is 78.7 cm³/mol. The normalized spacial score (nSPS) is 10.2. The van der Waals surface area contributed by atoms with Crippen LogP contribution in [-0.4, -0.2) is 37.5 Å². The van der Waals surface area contributed by atoms with Gasteiger partial charge in [-0.15, -0.1) is 0 Å². The standard InChI is InChI=1S/C15H20ClNO3/c1-17(14(18)4-3-5-15(19)20-2)11-10-12-6-8-13(16)9-7-12/h6-9H,3-5,10-11H2,1-2H3. The Labute approximate surface area is 124 Å². The number of hydrogen-bond donors (Lipinski definition) is 0. The van der Waals surface area contributed by atoms with E-state index in [1.54, 1.807) is 11.9 Å². The molecule has 0 aliphatic carbocycles. The number of amides is 1. The molecule has 0 N–H and O–H groups in total. The number of halogens is 1. The van der Waals surface area contributed by atoms with Crippen LogP contribution in [0.3, 0.4) is 0 Å². The van der Waals surface area contributed by atoms with Crippen LogP contribution in [-0.2, 0) is 20.7 Å². The summed E-state index contributed by atoms with van der Waals surface area (Å²) >= 11 is 5.82. The fraction of sp³-hybridized carbons (Fsp3) is 0.467. The quantitative estimate of drug-likeness (QED) is 0.727. The number of carbonyl (C=O) groups excluding carboxylic acids is 2. The molecule has 0 aliphatic heterocycles. The van der Waals surface area contributed by atoms with Crippen molar-refractivity contribution in [1.82, 2.24) is 4.90 Å². The molecule has 0 saturated heterocycles. The molecule has 0 saturated carbocycles. The molecular formula is C15H20ClNO3. The van der Waals surface area contributed by atoms with Gasteiger partial charge in [-0.2, -0.15) is 0 Å². The van der Waals surface area contributed by atoms with Gasteiger partial charge in [0.15, 0.2) is 0 Å². The summed E-state index contributed by atoms with van der Waals surface area (Å²) in [6.07, 6.45) is 1.96. The van der Waals surface area contributed by atoms with Gasteiger partial charge in [-0.05, 0) is 30.5 Å². The SMILES string of the molecule is COC(=O)CCCC(=O)N(C)CCc1ccc(Cl)cc1. The molecule has 0 unspecified atom stereocenters. The van der Waals surface area contributed by atoms with Crippen LogP contribution in [0.5, 0.6) is 0 Å². The summed E-state index contributed by atoms with van der Waals surface area (Å²) < 4.78 is 4.53. The van der Waals surface area contributed by atoms with Crippen molar-refractivity contribution in [3.63, 3.8) is 0 Å². The Kier molecular flexibility index (Phi) is 7.09. The summed E-state index contributed by atoms with van der Waals surface area (Å²) in [5.74, 6) is -0.232. The predicted octanol–water partition coefficient (Wildman–Crippen LogP) is 2.68. The first kappa shape index (κ1) is 16.5. The van der Waals surface area contributed by atoms with Crippen LogP contribution < -0.4 is 0 Å². The number of likely N-dealkylation sites (N-methyl/N-ethyl adjacent to an activating group) is 1. The summed E-state index contributed by atoms with van der Waals surface area (Å²) in [5, 5.41) is 0.709. The second kappa shape index (κ2) is 8.59. The molecule has 1 amide bonds. The first-order valence-corrected chi connectivity index (χ1v) is 6.96. The van der Waals surface area contributed by atoms with Gasteiger partial charge in [0.25, 0.3) is 0 Å². The fourth-order valence-corrected chi connectivity index (χ4v) is 1.88. The first-order chi connectivity index (χ1) is 9.52. The van der Waals surface area contributed by atoms with Gasteiger partial charge in [0.1, 0.15) is 0 Å². The van der Waals surface area contributed by atoms with E-state index in [0.717, 1.165) is 12.0 Å². The van der Waals surface area contributed by atoms with Gasteiger partial charge in [-0.3, -0.25) is 9.59 Å². The summed E-state index contributed by atoms with van der Waals surface area (Å²) in [5.41, 5.74) is 1.14. The molecule has 1 rings (SSSR count). The summed E-state index contributed by atoms with van der Waals surface area (Å²) in [7, 11) is 3.12. The lowest BCUT2D eigenvalue weighted by molar-refractivity contribution is -0.140. The van der Waals surface area contributed by atoms with Crippen molar-refractivity contribution in [2.45, 2.75) is 25.7 Å². The summed E-state index contributed by atoms with van der Waals surface area (Å²) in [6, 6.07) is 7.60. The van der Waals surface area contributed by atoms with E-state index in [2.05, 4.69) is 4.74 Å². The third kappa shape index (κ3) is 6.06. The molecular weight excluding hydrogens is 278 g/mol. The van der Waals surface area contributed by atoms with Crippen LogP contribution in [0, 0.1) is 0 Å². The smallest absolute Gasteiger partial charge is 0.305 e. The molecule has 0 aliphatic rings. The van der Waals surface area contributed by atoms with E-state index in [-0.39, 0.29) is 18.3 Å². The zero-order chi connectivity index (χ0) is 15.0. The Morgan fingerprint density at radius 3 is 2.45 bits per heavy atom. The number of hydrogen-bond acceptors (Lipinski definition) is 3. The van der Waals surface area contributed by atoms with Crippen molar-refractivity contribution in [3.05, 3.63) is 34.9 Å². The molecule has 0 bridgehead atoms. The molecule has 0 aromatic heterocycles. The van der Waals surface area contributed by atoms with Crippen molar-refractivity contribution in [2.75, 3.05) is 20.7 Å². The van der Waals surface area contributed by atoms with Crippen LogP contribution in [0.1, 0.15) is 24.8 Å². The van der Waals surface area contributed by atoms with Crippen molar-refractivity contribution in [2.24, 2.45) is 0 Å². The maximum Gasteiger partial charge on any atom is 0.305 e. The van der Waals surface area contributed by atoms with Crippen molar-refractivity contribution in [3.8, 4) is 0 Å². The van der Waals surface area contributed by atoms with E-state index in [1.165, 1.54) is 7.11 Å². The molecule has 0 atom stereocenters. The number of carbonyl (C=O) groups is 2. The highest BCUT2D eigenvalue weighted by Gasteiger charge is 2.10. The molecule has 0 fully saturated rings.